The molecule has 30 heavy (non-hydrogen) atoms. The molecule has 3 nitrogen and oxygen atoms in total. The van der Waals surface area contributed by atoms with E-state index in [1.165, 1.54) is 11.1 Å². The molecule has 7 atom stereocenters. The standard InChI is InChI=1S/C27H44O3/c1-7-16-30-18-19(8-2)22(9-3)26(5)15-13-23-24(27(26,6)29)11-10-20-17-21(28)12-14-25(20,23)4/h7,17-18,21-24,28-29H,1,8-16H2,2-6H3/b19-18+/t21?,22-,23?,24?,25+,26-,27+/m1/s1. The van der Waals surface area contributed by atoms with E-state index in [0.717, 1.165) is 51.4 Å². The first-order valence-electron chi connectivity index (χ1n) is 12.2. The van der Waals surface area contributed by atoms with Crippen molar-refractivity contribution >= 4 is 0 Å². The molecule has 2 fully saturated rings. The molecule has 3 unspecified atom stereocenters. The molecule has 170 valence electrons. The van der Waals surface area contributed by atoms with Crippen LogP contribution >= 0.6 is 0 Å². The highest BCUT2D eigenvalue weighted by Crippen LogP contribution is 2.65. The van der Waals surface area contributed by atoms with Gasteiger partial charge in [0.15, 0.2) is 0 Å². The number of hydrogen-bond acceptors (Lipinski definition) is 3. The average molecular weight is 417 g/mol. The van der Waals surface area contributed by atoms with E-state index < -0.39 is 5.60 Å². The van der Waals surface area contributed by atoms with Gasteiger partial charge in [-0.3, -0.25) is 0 Å². The van der Waals surface area contributed by atoms with Gasteiger partial charge in [0, 0.05) is 5.41 Å². The number of aliphatic hydroxyl groups excluding tert-OH is 1. The summed E-state index contributed by atoms with van der Waals surface area (Å²) in [7, 11) is 0. The highest BCUT2D eigenvalue weighted by Gasteiger charge is 2.62. The Kier molecular flexibility index (Phi) is 6.94. The Labute approximate surface area is 184 Å². The fourth-order valence-corrected chi connectivity index (χ4v) is 7.47. The maximum atomic E-state index is 12.2. The van der Waals surface area contributed by atoms with Crippen molar-refractivity contribution in [1.29, 1.82) is 0 Å². The number of rotatable bonds is 7. The SMILES string of the molecule is C=CCO/C=C(\CC)[C@@H](CC)[C@@]1(C)CCC2C(CCC3=CC(O)CC[C@@]32C)[C@]1(C)O. The topological polar surface area (TPSA) is 49.7 Å². The van der Waals surface area contributed by atoms with Crippen molar-refractivity contribution in [2.24, 2.45) is 28.6 Å². The Balaban J connectivity index is 1.93. The molecule has 3 aliphatic rings. The first kappa shape index (κ1) is 23.6. The van der Waals surface area contributed by atoms with Gasteiger partial charge in [0.05, 0.1) is 18.0 Å². The van der Waals surface area contributed by atoms with Gasteiger partial charge in [-0.1, -0.05) is 52.0 Å². The van der Waals surface area contributed by atoms with E-state index in [2.05, 4.69) is 47.3 Å². The largest absolute Gasteiger partial charge is 0.497 e. The second kappa shape index (κ2) is 8.82. The Hall–Kier alpha value is -1.06. The summed E-state index contributed by atoms with van der Waals surface area (Å²) >= 11 is 0. The Morgan fingerprint density at radius 3 is 2.57 bits per heavy atom. The van der Waals surface area contributed by atoms with Crippen molar-refractivity contribution in [2.75, 3.05) is 6.61 Å². The highest BCUT2D eigenvalue weighted by molar-refractivity contribution is 5.27. The van der Waals surface area contributed by atoms with Crippen LogP contribution in [0.25, 0.3) is 0 Å². The van der Waals surface area contributed by atoms with Crippen molar-refractivity contribution in [3.05, 3.63) is 36.1 Å². The Morgan fingerprint density at radius 2 is 1.93 bits per heavy atom. The number of hydrogen-bond donors (Lipinski definition) is 2. The summed E-state index contributed by atoms with van der Waals surface area (Å²) in [6, 6.07) is 0. The van der Waals surface area contributed by atoms with E-state index in [-0.39, 0.29) is 16.9 Å². The third kappa shape index (κ3) is 3.71. The summed E-state index contributed by atoms with van der Waals surface area (Å²) in [5.74, 6) is 1.10. The smallest absolute Gasteiger partial charge is 0.105 e. The van der Waals surface area contributed by atoms with Gasteiger partial charge >= 0.3 is 0 Å². The minimum Gasteiger partial charge on any atom is -0.497 e. The van der Waals surface area contributed by atoms with Gasteiger partial charge < -0.3 is 14.9 Å². The van der Waals surface area contributed by atoms with Gasteiger partial charge in [0.2, 0.25) is 0 Å². The molecule has 0 aromatic rings. The molecule has 2 saturated carbocycles. The maximum absolute atomic E-state index is 12.2. The monoisotopic (exact) mass is 416 g/mol. The van der Waals surface area contributed by atoms with Gasteiger partial charge in [-0.2, -0.15) is 0 Å². The van der Waals surface area contributed by atoms with Crippen LogP contribution in [0.1, 0.15) is 86.0 Å². The molecule has 0 amide bonds. The van der Waals surface area contributed by atoms with Gasteiger partial charge in [-0.15, -0.1) is 0 Å². The zero-order chi connectivity index (χ0) is 22.2. The quantitative estimate of drug-likeness (QED) is 0.296. The normalized spacial score (nSPS) is 42.6. The number of ether oxygens (including phenoxy) is 1. The van der Waals surface area contributed by atoms with Crippen molar-refractivity contribution in [1.82, 2.24) is 0 Å². The summed E-state index contributed by atoms with van der Waals surface area (Å²) in [4.78, 5) is 0. The van der Waals surface area contributed by atoms with Crippen LogP contribution < -0.4 is 0 Å². The lowest BCUT2D eigenvalue weighted by molar-refractivity contribution is -0.195. The highest BCUT2D eigenvalue weighted by atomic mass is 16.5. The molecule has 0 bridgehead atoms. The van der Waals surface area contributed by atoms with Gasteiger partial charge in [-0.25, -0.2) is 0 Å². The van der Waals surface area contributed by atoms with Crippen molar-refractivity contribution in [3.63, 3.8) is 0 Å². The van der Waals surface area contributed by atoms with Crippen LogP contribution in [0.15, 0.2) is 36.1 Å². The maximum Gasteiger partial charge on any atom is 0.105 e. The summed E-state index contributed by atoms with van der Waals surface area (Å²) < 4.78 is 5.73. The third-order valence-corrected chi connectivity index (χ3v) is 9.45. The molecule has 0 aliphatic heterocycles. The molecular weight excluding hydrogens is 372 g/mol. The van der Waals surface area contributed by atoms with Crippen LogP contribution in [0.4, 0.5) is 0 Å². The predicted octanol–water partition coefficient (Wildman–Crippen LogP) is 6.17. The van der Waals surface area contributed by atoms with Gasteiger partial charge in [0.1, 0.15) is 6.61 Å². The molecule has 0 spiro atoms. The zero-order valence-corrected chi connectivity index (χ0v) is 19.9. The van der Waals surface area contributed by atoms with E-state index in [1.807, 2.05) is 6.26 Å². The fraction of sp³-hybridized carbons (Fsp3) is 0.778. The van der Waals surface area contributed by atoms with E-state index in [1.54, 1.807) is 6.08 Å². The van der Waals surface area contributed by atoms with E-state index >= 15 is 0 Å². The minimum absolute atomic E-state index is 0.131. The van der Waals surface area contributed by atoms with Crippen LogP contribution in [0.5, 0.6) is 0 Å². The lowest BCUT2D eigenvalue weighted by Gasteiger charge is -2.63. The second-order valence-corrected chi connectivity index (χ2v) is 10.7. The first-order chi connectivity index (χ1) is 14.2. The van der Waals surface area contributed by atoms with E-state index in [4.69, 9.17) is 4.74 Å². The van der Waals surface area contributed by atoms with Crippen LogP contribution in [0.2, 0.25) is 0 Å². The molecule has 0 radical (unpaired) electrons. The van der Waals surface area contributed by atoms with Crippen LogP contribution in [0.3, 0.4) is 0 Å². The second-order valence-electron chi connectivity index (χ2n) is 10.7. The lowest BCUT2D eigenvalue weighted by atomic mass is 9.43. The molecule has 0 aromatic carbocycles. The van der Waals surface area contributed by atoms with Gasteiger partial charge in [0.25, 0.3) is 0 Å². The van der Waals surface area contributed by atoms with Crippen molar-refractivity contribution < 1.29 is 14.9 Å². The average Bonchev–Trinajstić information content (AvgIpc) is 2.70. The molecule has 0 heterocycles. The number of allylic oxidation sites excluding steroid dienone is 2. The molecule has 0 saturated heterocycles. The zero-order valence-electron chi connectivity index (χ0n) is 19.9. The molecule has 0 aromatic heterocycles. The molecule has 3 aliphatic carbocycles. The molecular formula is C27H44O3. The summed E-state index contributed by atoms with van der Waals surface area (Å²) in [5, 5.41) is 22.4. The van der Waals surface area contributed by atoms with Crippen LogP contribution in [-0.2, 0) is 4.74 Å². The van der Waals surface area contributed by atoms with Crippen molar-refractivity contribution in [3.8, 4) is 0 Å². The number of fused-ring (bicyclic) bond motifs is 3. The summed E-state index contributed by atoms with van der Waals surface area (Å²) in [6.07, 6.45) is 13.6. The Morgan fingerprint density at radius 1 is 1.20 bits per heavy atom. The third-order valence-electron chi connectivity index (χ3n) is 9.45. The summed E-state index contributed by atoms with van der Waals surface area (Å²) in [5.41, 5.74) is 1.98. The molecule has 2 N–H and O–H groups in total. The first-order valence-corrected chi connectivity index (χ1v) is 12.2. The number of aliphatic hydroxyl groups is 2. The van der Waals surface area contributed by atoms with Crippen LogP contribution in [0, 0.1) is 28.6 Å². The molecule has 3 rings (SSSR count). The Bertz CT molecular complexity index is 690. The van der Waals surface area contributed by atoms with Crippen LogP contribution in [-0.4, -0.2) is 28.5 Å². The fourth-order valence-electron chi connectivity index (χ4n) is 7.47. The molecule has 3 heteroatoms. The van der Waals surface area contributed by atoms with Crippen molar-refractivity contribution in [2.45, 2.75) is 97.7 Å². The van der Waals surface area contributed by atoms with E-state index in [9.17, 15) is 10.2 Å². The van der Waals surface area contributed by atoms with E-state index in [0.29, 0.717) is 24.4 Å². The summed E-state index contributed by atoms with van der Waals surface area (Å²) in [6.45, 7) is 15.6. The predicted molar refractivity (Wildman–Crippen MR) is 124 cm³/mol. The lowest BCUT2D eigenvalue weighted by Crippen LogP contribution is -2.62. The van der Waals surface area contributed by atoms with Gasteiger partial charge in [-0.05, 0) is 87.0 Å². The minimum atomic E-state index is -0.728.